The lowest BCUT2D eigenvalue weighted by molar-refractivity contribution is 0.487. The number of benzene rings is 4. The smallest absolute Gasteiger partial charge is 0.205 e. The fourth-order valence-corrected chi connectivity index (χ4v) is 10.1. The first-order valence-electron chi connectivity index (χ1n) is 11.9. The van der Waals surface area contributed by atoms with Gasteiger partial charge in [0.15, 0.2) is 0 Å². The van der Waals surface area contributed by atoms with Crippen LogP contribution in [0.5, 0.6) is 0 Å². The number of hydrogen-bond acceptors (Lipinski definition) is 1. The predicted molar refractivity (Wildman–Crippen MR) is 151 cm³/mol. The van der Waals surface area contributed by atoms with E-state index in [0.29, 0.717) is 5.92 Å². The fourth-order valence-electron chi connectivity index (χ4n) is 4.49. The van der Waals surface area contributed by atoms with Gasteiger partial charge in [-0.3, -0.25) is 9.65 Å². The van der Waals surface area contributed by atoms with E-state index in [1.54, 1.807) is 0 Å². The van der Waals surface area contributed by atoms with Crippen LogP contribution in [0, 0.1) is 5.92 Å². The van der Waals surface area contributed by atoms with Gasteiger partial charge in [0.05, 0.1) is 0 Å². The van der Waals surface area contributed by atoms with E-state index < -0.39 is 15.2 Å². The number of nitrogens with one attached hydrogen (secondary N) is 1. The van der Waals surface area contributed by atoms with E-state index in [4.69, 9.17) is 0 Å². The molecule has 0 aliphatic rings. The SMILES string of the molecule is CC(C)C[C@H](C)NP(=O)(c1ccccc1)c1ccccc1P(c1ccccc1)c1ccccc1. The van der Waals surface area contributed by atoms with Gasteiger partial charge in [0, 0.05) is 16.7 Å². The Kier molecular flexibility index (Phi) is 8.17. The molecule has 34 heavy (non-hydrogen) atoms. The molecule has 0 aliphatic heterocycles. The van der Waals surface area contributed by atoms with Gasteiger partial charge in [-0.25, -0.2) is 0 Å². The quantitative estimate of drug-likeness (QED) is 0.308. The standard InChI is InChI=1S/C30H33NOP2/c1-24(2)23-25(3)31-34(32,28-19-11-6-12-20-28)30-22-14-13-21-29(30)33(26-15-7-4-8-16-26)27-17-9-5-10-18-27/h4-22,24-25H,23H2,1-3H3,(H,31,32)/t25-,34?/m0/s1. The molecular weight excluding hydrogens is 452 g/mol. The summed E-state index contributed by atoms with van der Waals surface area (Å²) < 4.78 is 15.1. The fraction of sp³-hybridized carbons (Fsp3) is 0.200. The zero-order valence-electron chi connectivity index (χ0n) is 20.1. The Labute approximate surface area is 205 Å². The van der Waals surface area contributed by atoms with Gasteiger partial charge in [-0.05, 0) is 61.3 Å². The molecule has 4 rings (SSSR count). The van der Waals surface area contributed by atoms with Crippen molar-refractivity contribution in [1.29, 1.82) is 0 Å². The minimum atomic E-state index is -3.10. The molecule has 1 N–H and O–H groups in total. The van der Waals surface area contributed by atoms with Gasteiger partial charge >= 0.3 is 0 Å². The summed E-state index contributed by atoms with van der Waals surface area (Å²) in [7, 11) is -3.98. The molecule has 0 aromatic heterocycles. The van der Waals surface area contributed by atoms with Crippen molar-refractivity contribution in [3.8, 4) is 0 Å². The maximum absolute atomic E-state index is 15.1. The molecule has 0 aliphatic carbocycles. The van der Waals surface area contributed by atoms with E-state index >= 15 is 4.57 Å². The van der Waals surface area contributed by atoms with Gasteiger partial charge in [0.2, 0.25) is 7.29 Å². The summed E-state index contributed by atoms with van der Waals surface area (Å²) in [6.07, 6.45) is 0.963. The van der Waals surface area contributed by atoms with Crippen LogP contribution in [0.2, 0.25) is 0 Å². The Bertz CT molecular complexity index is 1190. The zero-order chi connectivity index (χ0) is 24.0. The van der Waals surface area contributed by atoms with Crippen LogP contribution >= 0.6 is 15.2 Å². The summed E-state index contributed by atoms with van der Waals surface area (Å²) >= 11 is 0. The summed E-state index contributed by atoms with van der Waals surface area (Å²) in [6, 6.07) is 39.7. The highest BCUT2D eigenvalue weighted by atomic mass is 31.2. The first-order chi connectivity index (χ1) is 16.5. The zero-order valence-corrected chi connectivity index (χ0v) is 21.9. The van der Waals surface area contributed by atoms with Crippen molar-refractivity contribution in [2.75, 3.05) is 0 Å². The normalized spacial score (nSPS) is 14.1. The van der Waals surface area contributed by atoms with Crippen LogP contribution in [0.15, 0.2) is 115 Å². The van der Waals surface area contributed by atoms with Crippen LogP contribution in [0.1, 0.15) is 27.2 Å². The van der Waals surface area contributed by atoms with Crippen molar-refractivity contribution in [2.45, 2.75) is 33.2 Å². The molecule has 2 nitrogen and oxygen atoms in total. The summed E-state index contributed by atoms with van der Waals surface area (Å²) in [4.78, 5) is 0. The predicted octanol–water partition coefficient (Wildman–Crippen LogP) is 5.70. The van der Waals surface area contributed by atoms with Crippen molar-refractivity contribution < 1.29 is 4.57 Å². The van der Waals surface area contributed by atoms with Crippen LogP contribution in [-0.2, 0) is 4.57 Å². The summed E-state index contributed by atoms with van der Waals surface area (Å²) in [6.45, 7) is 6.57. The maximum atomic E-state index is 15.1. The molecule has 0 bridgehead atoms. The molecule has 0 heterocycles. The number of rotatable bonds is 9. The third kappa shape index (κ3) is 5.59. The minimum Gasteiger partial charge on any atom is -0.296 e. The van der Waals surface area contributed by atoms with E-state index in [-0.39, 0.29) is 6.04 Å². The van der Waals surface area contributed by atoms with E-state index in [1.807, 2.05) is 36.4 Å². The molecule has 4 aromatic rings. The van der Waals surface area contributed by atoms with Gasteiger partial charge in [-0.1, -0.05) is 111 Å². The second-order valence-corrected chi connectivity index (χ2v) is 13.8. The van der Waals surface area contributed by atoms with Gasteiger partial charge in [0.1, 0.15) is 0 Å². The third-order valence-corrected chi connectivity index (χ3v) is 11.4. The Morgan fingerprint density at radius 1 is 0.676 bits per heavy atom. The van der Waals surface area contributed by atoms with Crippen LogP contribution in [0.4, 0.5) is 0 Å². The third-order valence-electron chi connectivity index (χ3n) is 5.84. The van der Waals surface area contributed by atoms with Crippen molar-refractivity contribution in [1.82, 2.24) is 5.09 Å². The summed E-state index contributed by atoms with van der Waals surface area (Å²) in [5.41, 5.74) is 0. The molecule has 4 heteroatoms. The van der Waals surface area contributed by atoms with E-state index in [9.17, 15) is 0 Å². The Hall–Kier alpha value is -2.50. The molecule has 1 unspecified atom stereocenters. The van der Waals surface area contributed by atoms with Crippen LogP contribution in [-0.4, -0.2) is 6.04 Å². The largest absolute Gasteiger partial charge is 0.296 e. The highest BCUT2D eigenvalue weighted by Gasteiger charge is 2.33. The molecule has 0 saturated heterocycles. The molecule has 174 valence electrons. The van der Waals surface area contributed by atoms with E-state index in [1.165, 1.54) is 10.6 Å². The van der Waals surface area contributed by atoms with Crippen LogP contribution < -0.4 is 31.6 Å². The summed E-state index contributed by atoms with van der Waals surface area (Å²) in [5, 5.41) is 9.05. The van der Waals surface area contributed by atoms with Crippen LogP contribution in [0.3, 0.4) is 0 Å². The average molecular weight is 486 g/mol. The second kappa shape index (κ2) is 11.3. The molecule has 0 spiro atoms. The Morgan fingerprint density at radius 3 is 1.68 bits per heavy atom. The highest BCUT2D eigenvalue weighted by molar-refractivity contribution is 7.84. The minimum absolute atomic E-state index is 0.124. The van der Waals surface area contributed by atoms with Gasteiger partial charge in [0.25, 0.3) is 0 Å². The lowest BCUT2D eigenvalue weighted by Gasteiger charge is -2.30. The van der Waals surface area contributed by atoms with Gasteiger partial charge in [-0.15, -0.1) is 0 Å². The van der Waals surface area contributed by atoms with Crippen molar-refractivity contribution >= 4 is 41.7 Å². The molecule has 0 fully saturated rings. The molecule has 0 saturated carbocycles. The monoisotopic (exact) mass is 485 g/mol. The van der Waals surface area contributed by atoms with Crippen molar-refractivity contribution in [3.63, 3.8) is 0 Å². The summed E-state index contributed by atoms with van der Waals surface area (Å²) in [5.74, 6) is 0.521. The first-order valence-corrected chi connectivity index (χ1v) is 15.0. The average Bonchev–Trinajstić information content (AvgIpc) is 2.86. The molecule has 0 radical (unpaired) electrons. The second-order valence-electron chi connectivity index (χ2n) is 9.10. The molecule has 4 aromatic carbocycles. The van der Waals surface area contributed by atoms with Crippen molar-refractivity contribution in [3.05, 3.63) is 115 Å². The Balaban J connectivity index is 1.92. The highest BCUT2D eigenvalue weighted by Crippen LogP contribution is 2.43. The molecular formula is C30H33NOP2. The maximum Gasteiger partial charge on any atom is 0.205 e. The Morgan fingerprint density at radius 2 is 1.15 bits per heavy atom. The number of hydrogen-bond donors (Lipinski definition) is 1. The van der Waals surface area contributed by atoms with Gasteiger partial charge < -0.3 is 0 Å². The lowest BCUT2D eigenvalue weighted by atomic mass is 10.1. The lowest BCUT2D eigenvalue weighted by Crippen LogP contribution is -2.40. The first kappa shape index (κ1) is 24.6. The van der Waals surface area contributed by atoms with E-state index in [0.717, 1.165) is 22.3 Å². The van der Waals surface area contributed by atoms with Crippen LogP contribution in [0.25, 0.3) is 0 Å². The molecule has 2 atom stereocenters. The van der Waals surface area contributed by atoms with Crippen molar-refractivity contribution in [2.24, 2.45) is 5.92 Å². The van der Waals surface area contributed by atoms with E-state index in [2.05, 4.69) is 105 Å². The molecule has 0 amide bonds. The topological polar surface area (TPSA) is 29.1 Å². The van der Waals surface area contributed by atoms with Gasteiger partial charge in [-0.2, -0.15) is 0 Å².